The molecule has 4 heterocycles. The molecule has 35 heavy (non-hydrogen) atoms. The fourth-order valence-corrected chi connectivity index (χ4v) is 4.95. The molecule has 0 spiro atoms. The van der Waals surface area contributed by atoms with E-state index < -0.39 is 0 Å². The number of pyridine rings is 1. The van der Waals surface area contributed by atoms with Crippen LogP contribution in [0.15, 0.2) is 54.9 Å². The molecule has 1 fully saturated rings. The molecule has 0 radical (unpaired) electrons. The first-order valence-corrected chi connectivity index (χ1v) is 12.3. The molecular weight excluding hydrogens is 460 g/mol. The highest BCUT2D eigenvalue weighted by Crippen LogP contribution is 2.34. The number of halogens is 1. The Morgan fingerprint density at radius 2 is 1.94 bits per heavy atom. The normalized spacial score (nSPS) is 16.0. The van der Waals surface area contributed by atoms with Crippen LogP contribution < -0.4 is 4.90 Å². The Kier molecular flexibility index (Phi) is 6.43. The first-order chi connectivity index (χ1) is 16.9. The molecule has 1 saturated heterocycles. The van der Waals surface area contributed by atoms with Gasteiger partial charge in [0.05, 0.1) is 23.5 Å². The van der Waals surface area contributed by atoms with Gasteiger partial charge in [-0.15, -0.1) is 0 Å². The smallest absolute Gasteiger partial charge is 0.228 e. The van der Waals surface area contributed by atoms with Crippen molar-refractivity contribution in [2.24, 2.45) is 0 Å². The monoisotopic (exact) mass is 488 g/mol. The molecule has 4 aromatic rings. The SMILES string of the molecule is Cc1nc2ccccn2c1CC(=O)N1CCCC(c2nc(N(C)C)ncc2-c2ccc(Cl)cc2)C1. The molecule has 8 heteroatoms. The van der Waals surface area contributed by atoms with Crippen LogP contribution in [-0.2, 0) is 11.2 Å². The molecule has 7 nitrogen and oxygen atoms in total. The molecule has 0 bridgehead atoms. The van der Waals surface area contributed by atoms with Crippen molar-refractivity contribution in [3.8, 4) is 11.1 Å². The fourth-order valence-electron chi connectivity index (χ4n) is 4.82. The topological polar surface area (TPSA) is 66.6 Å². The van der Waals surface area contributed by atoms with Crippen LogP contribution >= 0.6 is 11.6 Å². The van der Waals surface area contributed by atoms with Gasteiger partial charge in [-0.25, -0.2) is 15.0 Å². The third kappa shape index (κ3) is 4.73. The Labute approximate surface area is 210 Å². The Bertz CT molecular complexity index is 1360. The van der Waals surface area contributed by atoms with Crippen molar-refractivity contribution in [3.05, 3.63) is 77.0 Å². The molecule has 1 aliphatic heterocycles. The number of amides is 1. The van der Waals surface area contributed by atoms with Gasteiger partial charge in [-0.05, 0) is 49.6 Å². The van der Waals surface area contributed by atoms with Gasteiger partial charge < -0.3 is 14.2 Å². The lowest BCUT2D eigenvalue weighted by Gasteiger charge is -2.33. The molecule has 0 aliphatic carbocycles. The van der Waals surface area contributed by atoms with Crippen molar-refractivity contribution in [3.63, 3.8) is 0 Å². The summed E-state index contributed by atoms with van der Waals surface area (Å²) >= 11 is 6.13. The summed E-state index contributed by atoms with van der Waals surface area (Å²) in [5.74, 6) is 0.921. The average Bonchev–Trinajstić information content (AvgIpc) is 3.19. The highest BCUT2D eigenvalue weighted by Gasteiger charge is 2.29. The van der Waals surface area contributed by atoms with E-state index >= 15 is 0 Å². The minimum absolute atomic E-state index is 0.124. The zero-order valence-electron chi connectivity index (χ0n) is 20.3. The summed E-state index contributed by atoms with van der Waals surface area (Å²) in [5, 5.41) is 0.693. The highest BCUT2D eigenvalue weighted by molar-refractivity contribution is 6.30. The Morgan fingerprint density at radius 1 is 1.14 bits per heavy atom. The number of piperidine rings is 1. The lowest BCUT2D eigenvalue weighted by molar-refractivity contribution is -0.131. The van der Waals surface area contributed by atoms with E-state index in [0.29, 0.717) is 23.9 Å². The third-order valence-electron chi connectivity index (χ3n) is 6.67. The van der Waals surface area contributed by atoms with E-state index in [1.165, 1.54) is 0 Å². The Balaban J connectivity index is 1.43. The summed E-state index contributed by atoms with van der Waals surface area (Å²) in [4.78, 5) is 31.5. The number of likely N-dealkylation sites (tertiary alicyclic amines) is 1. The van der Waals surface area contributed by atoms with Crippen molar-refractivity contribution in [2.45, 2.75) is 32.1 Å². The quantitative estimate of drug-likeness (QED) is 0.405. The second-order valence-electron chi connectivity index (χ2n) is 9.30. The lowest BCUT2D eigenvalue weighted by atomic mass is 9.89. The van der Waals surface area contributed by atoms with Crippen LogP contribution in [0.2, 0.25) is 5.02 Å². The Morgan fingerprint density at radius 3 is 2.71 bits per heavy atom. The minimum Gasteiger partial charge on any atom is -0.347 e. The predicted octanol–water partition coefficient (Wildman–Crippen LogP) is 4.77. The molecular formula is C27H29ClN6O. The highest BCUT2D eigenvalue weighted by atomic mass is 35.5. The van der Waals surface area contributed by atoms with Crippen LogP contribution in [-0.4, -0.2) is 57.3 Å². The maximum atomic E-state index is 13.4. The largest absolute Gasteiger partial charge is 0.347 e. The van der Waals surface area contributed by atoms with Crippen LogP contribution in [0.5, 0.6) is 0 Å². The lowest BCUT2D eigenvalue weighted by Crippen LogP contribution is -2.40. The van der Waals surface area contributed by atoms with Gasteiger partial charge >= 0.3 is 0 Å². The van der Waals surface area contributed by atoms with E-state index in [-0.39, 0.29) is 11.8 Å². The van der Waals surface area contributed by atoms with Crippen LogP contribution in [0.25, 0.3) is 16.8 Å². The third-order valence-corrected chi connectivity index (χ3v) is 6.92. The van der Waals surface area contributed by atoms with E-state index in [1.54, 1.807) is 0 Å². The Hall–Kier alpha value is -3.45. The van der Waals surface area contributed by atoms with Gasteiger partial charge in [-0.3, -0.25) is 4.79 Å². The van der Waals surface area contributed by atoms with E-state index in [9.17, 15) is 4.79 Å². The summed E-state index contributed by atoms with van der Waals surface area (Å²) in [6, 6.07) is 13.7. The number of imidazole rings is 1. The summed E-state index contributed by atoms with van der Waals surface area (Å²) in [6.45, 7) is 3.36. The maximum absolute atomic E-state index is 13.4. The molecule has 0 N–H and O–H groups in total. The number of rotatable bonds is 5. The summed E-state index contributed by atoms with van der Waals surface area (Å²) < 4.78 is 2.01. The summed E-state index contributed by atoms with van der Waals surface area (Å²) in [7, 11) is 3.88. The summed E-state index contributed by atoms with van der Waals surface area (Å²) in [6.07, 6.45) is 6.11. The van der Waals surface area contributed by atoms with Crippen LogP contribution in [0.1, 0.15) is 35.8 Å². The molecule has 1 atom stereocenters. The van der Waals surface area contributed by atoms with Crippen LogP contribution in [0.3, 0.4) is 0 Å². The predicted molar refractivity (Wildman–Crippen MR) is 139 cm³/mol. The van der Waals surface area contributed by atoms with E-state index in [1.807, 2.05) is 90.1 Å². The fraction of sp³-hybridized carbons (Fsp3) is 0.333. The van der Waals surface area contributed by atoms with Gasteiger partial charge in [0.15, 0.2) is 0 Å². The first kappa shape index (κ1) is 23.3. The number of carbonyl (C=O) groups excluding carboxylic acids is 1. The number of hydrogen-bond donors (Lipinski definition) is 0. The second-order valence-corrected chi connectivity index (χ2v) is 9.74. The van der Waals surface area contributed by atoms with Crippen LogP contribution in [0.4, 0.5) is 5.95 Å². The van der Waals surface area contributed by atoms with Crippen molar-refractivity contribution >= 4 is 29.1 Å². The zero-order chi connectivity index (χ0) is 24.5. The molecule has 5 rings (SSSR count). The second kappa shape index (κ2) is 9.66. The number of carbonyl (C=O) groups is 1. The number of benzene rings is 1. The molecule has 1 unspecified atom stereocenters. The zero-order valence-corrected chi connectivity index (χ0v) is 21.0. The van der Waals surface area contributed by atoms with Crippen molar-refractivity contribution in [1.29, 1.82) is 0 Å². The molecule has 3 aromatic heterocycles. The molecule has 1 aliphatic rings. The van der Waals surface area contributed by atoms with Gasteiger partial charge in [0.1, 0.15) is 5.65 Å². The first-order valence-electron chi connectivity index (χ1n) is 11.9. The van der Waals surface area contributed by atoms with Gasteiger partial charge in [-0.1, -0.05) is 29.8 Å². The number of nitrogens with zero attached hydrogens (tertiary/aromatic N) is 6. The molecule has 1 aromatic carbocycles. The van der Waals surface area contributed by atoms with Gasteiger partial charge in [0.2, 0.25) is 11.9 Å². The number of hydrogen-bond acceptors (Lipinski definition) is 5. The van der Waals surface area contributed by atoms with E-state index in [4.69, 9.17) is 16.6 Å². The summed E-state index contributed by atoms with van der Waals surface area (Å²) in [5.41, 5.74) is 5.72. The average molecular weight is 489 g/mol. The number of aryl methyl sites for hydroxylation is 1. The van der Waals surface area contributed by atoms with Crippen molar-refractivity contribution in [1.82, 2.24) is 24.3 Å². The standard InChI is InChI=1S/C27H29ClN6O/c1-18-23(34-14-5-4-8-24(34)30-18)15-25(35)33-13-6-7-20(17-33)26-22(16-29-27(31-26)32(2)3)19-9-11-21(28)12-10-19/h4-5,8-12,14,16,20H,6-7,13,15,17H2,1-3H3. The van der Waals surface area contributed by atoms with E-state index in [0.717, 1.165) is 53.2 Å². The number of anilines is 1. The van der Waals surface area contributed by atoms with Gasteiger partial charge in [0.25, 0.3) is 0 Å². The van der Waals surface area contributed by atoms with E-state index in [2.05, 4.69) is 9.97 Å². The van der Waals surface area contributed by atoms with Crippen molar-refractivity contribution < 1.29 is 4.79 Å². The minimum atomic E-state index is 0.124. The van der Waals surface area contributed by atoms with Crippen molar-refractivity contribution in [2.75, 3.05) is 32.1 Å². The maximum Gasteiger partial charge on any atom is 0.228 e. The van der Waals surface area contributed by atoms with Gasteiger partial charge in [0, 0.05) is 56.1 Å². The number of fused-ring (bicyclic) bond motifs is 1. The molecule has 1 amide bonds. The number of aromatic nitrogens is 4. The molecule has 0 saturated carbocycles. The van der Waals surface area contributed by atoms with Crippen LogP contribution in [0, 0.1) is 6.92 Å². The van der Waals surface area contributed by atoms with Gasteiger partial charge in [-0.2, -0.15) is 0 Å². The molecule has 180 valence electrons.